The lowest BCUT2D eigenvalue weighted by molar-refractivity contribution is -0.192. The summed E-state index contributed by atoms with van der Waals surface area (Å²) in [6.45, 7) is 6.34. The first-order valence-corrected chi connectivity index (χ1v) is 14.5. The number of carbonyl (C=O) groups excluding carboxylic acids is 3. The van der Waals surface area contributed by atoms with E-state index in [-0.39, 0.29) is 24.8 Å². The fourth-order valence-corrected chi connectivity index (χ4v) is 6.46. The van der Waals surface area contributed by atoms with Crippen LogP contribution >= 0.6 is 11.8 Å². The SMILES string of the molecule is CCC(C)Sc1ccc(C2N[C@@](Cc3ccccc3)(C(=O)OC)C3C(=O)N(CC)C(=O)C23)cc1OC.O=C(O)C(F)(F)F. The number of halogens is 3. The van der Waals surface area contributed by atoms with Gasteiger partial charge in [0.25, 0.3) is 0 Å². The molecule has 0 aliphatic carbocycles. The minimum atomic E-state index is -5.08. The van der Waals surface area contributed by atoms with Crippen LogP contribution in [0.2, 0.25) is 0 Å². The topological polar surface area (TPSA) is 122 Å². The van der Waals surface area contributed by atoms with Crippen molar-refractivity contribution in [2.75, 3.05) is 20.8 Å². The molecular weight excluding hydrogens is 589 g/mol. The van der Waals surface area contributed by atoms with Gasteiger partial charge in [0.2, 0.25) is 11.8 Å². The van der Waals surface area contributed by atoms with Crippen LogP contribution < -0.4 is 10.1 Å². The minimum Gasteiger partial charge on any atom is -0.496 e. The second-order valence-electron chi connectivity index (χ2n) is 10.2. The Kier molecular flexibility index (Phi) is 10.9. The molecule has 0 spiro atoms. The number of amides is 2. The standard InChI is InChI=1S/C28H34N2O5S.C2HF3O2/c1-6-17(3)36-21-14-13-19(15-20(21)34-4)24-22-23(26(32)30(7-2)25(22)31)28(29-24,27(33)35-5)16-18-11-9-8-10-12-18;3-2(4,5)1(6)7/h8-15,17,22-24,29H,6-7,16H2,1-5H3;(H,6,7)/t17?,22?,23?,24?,28-;/m1./s1. The summed E-state index contributed by atoms with van der Waals surface area (Å²) in [6.07, 6.45) is -3.83. The van der Waals surface area contributed by atoms with Gasteiger partial charge in [0, 0.05) is 29.2 Å². The second kappa shape index (κ2) is 13.8. The molecule has 2 saturated heterocycles. The molecule has 0 bridgehead atoms. The highest BCUT2D eigenvalue weighted by Gasteiger charge is 2.68. The molecule has 9 nitrogen and oxygen atoms in total. The highest BCUT2D eigenvalue weighted by Crippen LogP contribution is 2.51. The lowest BCUT2D eigenvalue weighted by Crippen LogP contribution is -2.57. The maximum atomic E-state index is 13.6. The maximum Gasteiger partial charge on any atom is 0.490 e. The van der Waals surface area contributed by atoms with E-state index in [1.165, 1.54) is 12.0 Å². The molecule has 2 aliphatic rings. The number of hydrogen-bond acceptors (Lipinski definition) is 8. The molecule has 234 valence electrons. The zero-order valence-corrected chi connectivity index (χ0v) is 25.3. The summed E-state index contributed by atoms with van der Waals surface area (Å²) in [7, 11) is 2.95. The Labute approximate surface area is 252 Å². The number of aliphatic carboxylic acids is 1. The van der Waals surface area contributed by atoms with Gasteiger partial charge in [0.1, 0.15) is 11.3 Å². The number of ether oxygens (including phenoxy) is 2. The van der Waals surface area contributed by atoms with Crippen LogP contribution in [0.5, 0.6) is 5.75 Å². The third kappa shape index (κ3) is 6.98. The highest BCUT2D eigenvalue weighted by atomic mass is 32.2. The first kappa shape index (κ1) is 33.9. The fraction of sp³-hybridized carbons (Fsp3) is 0.467. The molecule has 2 heterocycles. The van der Waals surface area contributed by atoms with E-state index >= 15 is 0 Å². The predicted octanol–water partition coefficient (Wildman–Crippen LogP) is 4.64. The van der Waals surface area contributed by atoms with E-state index < -0.39 is 41.5 Å². The average molecular weight is 625 g/mol. The monoisotopic (exact) mass is 624 g/mol. The molecule has 2 amide bonds. The number of rotatable bonds is 9. The van der Waals surface area contributed by atoms with Gasteiger partial charge in [-0.2, -0.15) is 13.2 Å². The van der Waals surface area contributed by atoms with Gasteiger partial charge in [-0.3, -0.25) is 24.6 Å². The van der Waals surface area contributed by atoms with E-state index in [9.17, 15) is 27.6 Å². The molecule has 43 heavy (non-hydrogen) atoms. The number of fused-ring (bicyclic) bond motifs is 1. The number of hydrogen-bond donors (Lipinski definition) is 2. The van der Waals surface area contributed by atoms with E-state index in [4.69, 9.17) is 19.4 Å². The van der Waals surface area contributed by atoms with Crippen molar-refractivity contribution in [1.29, 1.82) is 0 Å². The van der Waals surface area contributed by atoms with Crippen LogP contribution in [0, 0.1) is 11.8 Å². The molecule has 0 radical (unpaired) electrons. The Morgan fingerprint density at radius 2 is 1.72 bits per heavy atom. The number of alkyl halides is 3. The molecule has 2 aromatic carbocycles. The largest absolute Gasteiger partial charge is 0.496 e. The van der Waals surface area contributed by atoms with Gasteiger partial charge >= 0.3 is 18.1 Å². The van der Waals surface area contributed by atoms with Crippen molar-refractivity contribution < 1.29 is 46.9 Å². The van der Waals surface area contributed by atoms with Crippen molar-refractivity contribution in [2.45, 2.75) is 61.5 Å². The van der Waals surface area contributed by atoms with Crippen LogP contribution in [-0.4, -0.2) is 71.5 Å². The molecule has 5 atom stereocenters. The summed E-state index contributed by atoms with van der Waals surface area (Å²) < 4.78 is 42.7. The first-order chi connectivity index (χ1) is 20.2. The summed E-state index contributed by atoms with van der Waals surface area (Å²) in [4.78, 5) is 51.8. The molecule has 0 aromatic heterocycles. The van der Waals surface area contributed by atoms with Crippen LogP contribution in [0.1, 0.15) is 44.4 Å². The molecule has 2 aromatic rings. The van der Waals surface area contributed by atoms with Crippen molar-refractivity contribution >= 4 is 35.5 Å². The van der Waals surface area contributed by atoms with Crippen LogP contribution in [0.4, 0.5) is 13.2 Å². The summed E-state index contributed by atoms with van der Waals surface area (Å²) in [6, 6.07) is 14.8. The van der Waals surface area contributed by atoms with Gasteiger partial charge in [-0.15, -0.1) is 11.8 Å². The fourth-order valence-electron chi connectivity index (χ4n) is 5.46. The normalized spacial score (nSPS) is 23.7. The van der Waals surface area contributed by atoms with Crippen molar-refractivity contribution in [3.05, 3.63) is 59.7 Å². The molecule has 2 fully saturated rings. The molecule has 2 aliphatic heterocycles. The number of nitrogens with one attached hydrogen (secondary N) is 1. The molecule has 4 rings (SSSR count). The van der Waals surface area contributed by atoms with Gasteiger partial charge in [0.15, 0.2) is 0 Å². The van der Waals surface area contributed by atoms with Crippen molar-refractivity contribution in [3.8, 4) is 5.75 Å². The average Bonchev–Trinajstić information content (AvgIpc) is 3.45. The molecular formula is C30H35F3N2O7S. The van der Waals surface area contributed by atoms with E-state index in [0.29, 0.717) is 11.0 Å². The predicted molar refractivity (Wildman–Crippen MR) is 152 cm³/mol. The number of imide groups is 1. The van der Waals surface area contributed by atoms with Crippen molar-refractivity contribution in [3.63, 3.8) is 0 Å². The number of esters is 1. The van der Waals surface area contributed by atoms with Crippen LogP contribution in [-0.2, 0) is 30.3 Å². The third-order valence-electron chi connectivity index (χ3n) is 7.63. The molecule has 13 heteroatoms. The number of nitrogens with zero attached hydrogens (tertiary/aromatic N) is 1. The van der Waals surface area contributed by atoms with Crippen molar-refractivity contribution in [2.24, 2.45) is 11.8 Å². The second-order valence-corrected chi connectivity index (χ2v) is 11.7. The third-order valence-corrected chi connectivity index (χ3v) is 8.96. The van der Waals surface area contributed by atoms with Gasteiger partial charge in [-0.1, -0.05) is 50.2 Å². The smallest absolute Gasteiger partial charge is 0.490 e. The Bertz CT molecular complexity index is 1340. The van der Waals surface area contributed by atoms with E-state index in [1.807, 2.05) is 48.5 Å². The maximum absolute atomic E-state index is 13.6. The van der Waals surface area contributed by atoms with E-state index in [2.05, 4.69) is 19.2 Å². The number of benzene rings is 2. The number of likely N-dealkylation sites (tertiary alicyclic amines) is 1. The van der Waals surface area contributed by atoms with Crippen LogP contribution in [0.25, 0.3) is 0 Å². The Morgan fingerprint density at radius 3 is 2.23 bits per heavy atom. The number of carboxylic acid groups (broad SMARTS) is 1. The molecule has 4 unspecified atom stereocenters. The minimum absolute atomic E-state index is 0.230. The number of carbonyl (C=O) groups is 4. The van der Waals surface area contributed by atoms with Crippen LogP contribution in [0.15, 0.2) is 53.4 Å². The zero-order valence-electron chi connectivity index (χ0n) is 24.4. The highest BCUT2D eigenvalue weighted by molar-refractivity contribution is 8.00. The summed E-state index contributed by atoms with van der Waals surface area (Å²) in [5, 5.41) is 11.0. The van der Waals surface area contributed by atoms with Crippen LogP contribution in [0.3, 0.4) is 0 Å². The van der Waals surface area contributed by atoms with Crippen molar-refractivity contribution in [1.82, 2.24) is 10.2 Å². The first-order valence-electron chi connectivity index (χ1n) is 13.7. The van der Waals surface area contributed by atoms with E-state index in [1.54, 1.807) is 25.8 Å². The number of thioether (sulfide) groups is 1. The Morgan fingerprint density at radius 1 is 1.09 bits per heavy atom. The Hall–Kier alpha value is -3.58. The summed E-state index contributed by atoms with van der Waals surface area (Å²) >= 11 is 1.73. The zero-order chi connectivity index (χ0) is 32.1. The molecule has 2 N–H and O–H groups in total. The number of methoxy groups -OCH3 is 2. The van der Waals surface area contributed by atoms with E-state index in [0.717, 1.165) is 22.4 Å². The van der Waals surface area contributed by atoms with Gasteiger partial charge in [-0.05, 0) is 36.6 Å². The summed E-state index contributed by atoms with van der Waals surface area (Å²) in [5.41, 5.74) is 0.301. The lowest BCUT2D eigenvalue weighted by Gasteiger charge is -2.32. The van der Waals surface area contributed by atoms with Gasteiger partial charge < -0.3 is 14.6 Å². The van der Waals surface area contributed by atoms with Gasteiger partial charge in [0.05, 0.1) is 26.1 Å². The number of carboxylic acids is 1. The lowest BCUT2D eigenvalue weighted by atomic mass is 9.76. The Balaban J connectivity index is 0.000000646. The summed E-state index contributed by atoms with van der Waals surface area (Å²) in [5.74, 6) is -4.79. The quantitative estimate of drug-likeness (QED) is 0.234. The van der Waals surface area contributed by atoms with Gasteiger partial charge in [-0.25, -0.2) is 4.79 Å². The molecule has 0 saturated carbocycles.